The molecule has 2 aromatic rings. The molecule has 33 heavy (non-hydrogen) atoms. The van der Waals surface area contributed by atoms with Gasteiger partial charge in [0.2, 0.25) is 0 Å². The highest BCUT2D eigenvalue weighted by Gasteiger charge is 2.32. The summed E-state index contributed by atoms with van der Waals surface area (Å²) in [6, 6.07) is 10.9. The number of hydrogen-bond acceptors (Lipinski definition) is 7. The van der Waals surface area contributed by atoms with E-state index in [4.69, 9.17) is 14.2 Å². The molecule has 0 unspecified atom stereocenters. The van der Waals surface area contributed by atoms with E-state index < -0.39 is 23.8 Å². The number of carbonyl (C=O) groups is 2. The summed E-state index contributed by atoms with van der Waals surface area (Å²) in [5, 5.41) is 10.3. The van der Waals surface area contributed by atoms with Gasteiger partial charge in [-0.25, -0.2) is 4.98 Å². The number of methoxy groups -OCH3 is 1. The molecule has 0 fully saturated rings. The highest BCUT2D eigenvalue weighted by Crippen LogP contribution is 2.30. The Labute approximate surface area is 196 Å². The fourth-order valence-corrected chi connectivity index (χ4v) is 3.73. The minimum Gasteiger partial charge on any atom is -0.503 e. The van der Waals surface area contributed by atoms with Crippen molar-refractivity contribution in [3.63, 3.8) is 0 Å². The van der Waals surface area contributed by atoms with E-state index in [9.17, 15) is 14.7 Å². The van der Waals surface area contributed by atoms with Crippen LogP contribution in [0, 0.1) is 17.8 Å². The molecule has 1 aromatic carbocycles. The van der Waals surface area contributed by atoms with Crippen molar-refractivity contribution in [1.82, 2.24) is 4.98 Å². The highest BCUT2D eigenvalue weighted by molar-refractivity contribution is 5.99. The fraction of sp³-hybridized carbons (Fsp3) is 0.500. The number of para-hydroxylation sites is 1. The van der Waals surface area contributed by atoms with Gasteiger partial charge in [0.15, 0.2) is 23.0 Å². The lowest BCUT2D eigenvalue weighted by Crippen LogP contribution is -2.39. The molecule has 7 nitrogen and oxygen atoms in total. The monoisotopic (exact) mass is 457 g/mol. The number of aromatic nitrogens is 1. The molecule has 0 aliphatic carbocycles. The lowest BCUT2D eigenvalue weighted by molar-refractivity contribution is -0.159. The maximum absolute atomic E-state index is 13.1. The third-order valence-electron chi connectivity index (χ3n) is 5.33. The smallest absolute Gasteiger partial charge is 0.309 e. The Bertz CT molecular complexity index is 912. The summed E-state index contributed by atoms with van der Waals surface area (Å²) in [6.45, 7) is 9.76. The summed E-state index contributed by atoms with van der Waals surface area (Å²) >= 11 is 0. The SMILES string of the molecule is COc1ccnc(C(=O)C[C@@H](CC(C)C)C(=O)O[C@@H](C)[C@H](Oc2ccccc2)C(C)C)c1O. The van der Waals surface area contributed by atoms with Gasteiger partial charge in [-0.3, -0.25) is 9.59 Å². The van der Waals surface area contributed by atoms with Crippen molar-refractivity contribution in [3.8, 4) is 17.2 Å². The van der Waals surface area contributed by atoms with Crippen molar-refractivity contribution < 1.29 is 28.9 Å². The fourth-order valence-electron chi connectivity index (χ4n) is 3.73. The number of hydrogen-bond donors (Lipinski definition) is 1. The minimum absolute atomic E-state index is 0.0936. The number of carbonyl (C=O) groups excluding carboxylic acids is 2. The van der Waals surface area contributed by atoms with Crippen LogP contribution >= 0.6 is 0 Å². The molecule has 0 saturated heterocycles. The molecule has 1 N–H and O–H groups in total. The Kier molecular flexibility index (Phi) is 9.70. The maximum atomic E-state index is 13.1. The van der Waals surface area contributed by atoms with Crippen molar-refractivity contribution in [2.24, 2.45) is 17.8 Å². The van der Waals surface area contributed by atoms with Crippen LogP contribution in [0.5, 0.6) is 17.2 Å². The molecule has 180 valence electrons. The molecular formula is C26H35NO6. The van der Waals surface area contributed by atoms with Gasteiger partial charge in [-0.05, 0) is 37.3 Å². The number of esters is 1. The zero-order chi connectivity index (χ0) is 24.5. The Balaban J connectivity index is 2.14. The normalized spacial score (nSPS) is 13.9. The van der Waals surface area contributed by atoms with E-state index in [0.29, 0.717) is 12.2 Å². The lowest BCUT2D eigenvalue weighted by Gasteiger charge is -2.29. The van der Waals surface area contributed by atoms with Gasteiger partial charge in [-0.15, -0.1) is 0 Å². The van der Waals surface area contributed by atoms with Gasteiger partial charge in [-0.1, -0.05) is 45.9 Å². The van der Waals surface area contributed by atoms with Gasteiger partial charge in [-0.2, -0.15) is 0 Å². The number of ether oxygens (including phenoxy) is 3. The van der Waals surface area contributed by atoms with Crippen LogP contribution < -0.4 is 9.47 Å². The Morgan fingerprint density at radius 3 is 2.27 bits per heavy atom. The van der Waals surface area contributed by atoms with Crippen LogP contribution in [0.25, 0.3) is 0 Å². The Morgan fingerprint density at radius 1 is 1.03 bits per heavy atom. The summed E-state index contributed by atoms with van der Waals surface area (Å²) in [5.41, 5.74) is -0.114. The predicted octanol–water partition coefficient (Wildman–Crippen LogP) is 5.07. The largest absolute Gasteiger partial charge is 0.503 e. The number of aromatic hydroxyl groups is 1. The molecule has 2 rings (SSSR count). The number of ketones is 1. The van der Waals surface area contributed by atoms with Crippen LogP contribution in [0.4, 0.5) is 0 Å². The summed E-state index contributed by atoms with van der Waals surface area (Å²) < 4.78 is 16.9. The van der Waals surface area contributed by atoms with Crippen molar-refractivity contribution in [1.29, 1.82) is 0 Å². The molecule has 0 spiro atoms. The molecule has 0 amide bonds. The average molecular weight is 458 g/mol. The first-order chi connectivity index (χ1) is 15.6. The second-order valence-corrected chi connectivity index (χ2v) is 8.95. The molecule has 0 saturated carbocycles. The molecule has 0 bridgehead atoms. The molecule has 0 radical (unpaired) electrons. The van der Waals surface area contributed by atoms with Crippen molar-refractivity contribution in [3.05, 3.63) is 48.3 Å². The molecule has 7 heteroatoms. The summed E-state index contributed by atoms with van der Waals surface area (Å²) in [6.07, 6.45) is 0.858. The number of rotatable bonds is 12. The van der Waals surface area contributed by atoms with Crippen LogP contribution in [-0.4, -0.2) is 41.2 Å². The van der Waals surface area contributed by atoms with Crippen molar-refractivity contribution in [2.75, 3.05) is 7.11 Å². The van der Waals surface area contributed by atoms with E-state index in [2.05, 4.69) is 4.98 Å². The molecule has 1 heterocycles. The first-order valence-electron chi connectivity index (χ1n) is 11.3. The molecule has 0 aliphatic heterocycles. The van der Waals surface area contributed by atoms with Crippen molar-refractivity contribution >= 4 is 11.8 Å². The second kappa shape index (κ2) is 12.2. The second-order valence-electron chi connectivity index (χ2n) is 8.95. The van der Waals surface area contributed by atoms with E-state index >= 15 is 0 Å². The number of pyridine rings is 1. The average Bonchev–Trinajstić information content (AvgIpc) is 2.77. The van der Waals surface area contributed by atoms with Gasteiger partial charge >= 0.3 is 5.97 Å². The highest BCUT2D eigenvalue weighted by atomic mass is 16.6. The lowest BCUT2D eigenvalue weighted by atomic mass is 9.91. The quantitative estimate of drug-likeness (QED) is 0.351. The van der Waals surface area contributed by atoms with E-state index in [0.717, 1.165) is 0 Å². The van der Waals surface area contributed by atoms with Gasteiger partial charge in [0, 0.05) is 18.7 Å². The summed E-state index contributed by atoms with van der Waals surface area (Å²) in [4.78, 5) is 30.0. The zero-order valence-corrected chi connectivity index (χ0v) is 20.3. The first-order valence-corrected chi connectivity index (χ1v) is 11.3. The van der Waals surface area contributed by atoms with Crippen LogP contribution in [0.15, 0.2) is 42.6 Å². The van der Waals surface area contributed by atoms with E-state index in [-0.39, 0.29) is 41.6 Å². The van der Waals surface area contributed by atoms with E-state index in [1.54, 1.807) is 6.92 Å². The topological polar surface area (TPSA) is 95.0 Å². The van der Waals surface area contributed by atoms with Crippen molar-refractivity contribution in [2.45, 2.75) is 59.7 Å². The third kappa shape index (κ3) is 7.48. The molecule has 3 atom stereocenters. The van der Waals surface area contributed by atoms with Crippen LogP contribution in [0.2, 0.25) is 0 Å². The van der Waals surface area contributed by atoms with Gasteiger partial charge in [0.1, 0.15) is 18.0 Å². The Hall–Kier alpha value is -3.09. The molecule has 1 aromatic heterocycles. The first kappa shape index (κ1) is 26.2. The van der Waals surface area contributed by atoms with E-state index in [1.807, 2.05) is 58.0 Å². The maximum Gasteiger partial charge on any atom is 0.309 e. The standard InChI is InChI=1S/C26H35NO6/c1-16(2)14-19(15-21(28)23-24(29)22(31-6)12-13-27-23)26(30)32-18(5)25(17(3)4)33-20-10-8-7-9-11-20/h7-13,16-19,25,29H,14-15H2,1-6H3/t18-,19+,25+/m0/s1. The Morgan fingerprint density at radius 2 is 1.70 bits per heavy atom. The van der Waals surface area contributed by atoms with Gasteiger partial charge in [0.25, 0.3) is 0 Å². The number of Topliss-reactive ketones (excluding diaryl/α,β-unsaturated/α-hetero) is 1. The summed E-state index contributed by atoms with van der Waals surface area (Å²) in [5.74, 6) is -0.787. The van der Waals surface area contributed by atoms with Crippen LogP contribution in [-0.2, 0) is 9.53 Å². The van der Waals surface area contributed by atoms with E-state index in [1.165, 1.54) is 19.4 Å². The van der Waals surface area contributed by atoms with Gasteiger partial charge in [0.05, 0.1) is 13.0 Å². The van der Waals surface area contributed by atoms with Crippen LogP contribution in [0.3, 0.4) is 0 Å². The predicted molar refractivity (Wildman–Crippen MR) is 126 cm³/mol. The number of nitrogens with zero attached hydrogens (tertiary/aromatic N) is 1. The minimum atomic E-state index is -0.670. The third-order valence-corrected chi connectivity index (χ3v) is 5.33. The van der Waals surface area contributed by atoms with Gasteiger partial charge < -0.3 is 19.3 Å². The molecular weight excluding hydrogens is 422 g/mol. The zero-order valence-electron chi connectivity index (χ0n) is 20.3. The number of benzene rings is 1. The summed E-state index contributed by atoms with van der Waals surface area (Å²) in [7, 11) is 1.40. The molecule has 0 aliphatic rings. The van der Waals surface area contributed by atoms with Crippen LogP contribution in [0.1, 0.15) is 57.9 Å².